The summed E-state index contributed by atoms with van der Waals surface area (Å²) in [5.41, 5.74) is 7.01. The van der Waals surface area contributed by atoms with Crippen molar-refractivity contribution >= 4 is 15.8 Å². The van der Waals surface area contributed by atoms with Crippen LogP contribution in [0, 0.1) is 12.3 Å². The number of rotatable bonds is 3. The molecule has 2 aromatic rings. The van der Waals surface area contributed by atoms with Crippen LogP contribution in [0.25, 0.3) is 0 Å². The first-order valence-electron chi connectivity index (χ1n) is 8.21. The fraction of sp³-hybridized carbons (Fsp3) is 0.471. The van der Waals surface area contributed by atoms with Gasteiger partial charge in [-0.2, -0.15) is 4.31 Å². The van der Waals surface area contributed by atoms with E-state index in [9.17, 15) is 8.42 Å². The molecule has 2 N–H and O–H groups in total. The van der Waals surface area contributed by atoms with Crippen molar-refractivity contribution in [1.82, 2.24) is 9.46 Å². The molecule has 1 aromatic heterocycles. The van der Waals surface area contributed by atoms with E-state index in [4.69, 9.17) is 10.3 Å². The zero-order valence-electron chi connectivity index (χ0n) is 13.6. The van der Waals surface area contributed by atoms with Gasteiger partial charge in [0.1, 0.15) is 0 Å². The van der Waals surface area contributed by atoms with Crippen molar-refractivity contribution in [2.75, 3.05) is 18.8 Å². The number of aromatic nitrogens is 1. The third-order valence-electron chi connectivity index (χ3n) is 5.60. The molecule has 1 unspecified atom stereocenters. The number of hydrogen-bond donors (Lipinski definition) is 1. The van der Waals surface area contributed by atoms with Gasteiger partial charge in [-0.3, -0.25) is 0 Å². The lowest BCUT2D eigenvalue weighted by molar-refractivity contribution is 0.131. The van der Waals surface area contributed by atoms with Crippen molar-refractivity contribution < 1.29 is 12.9 Å². The summed E-state index contributed by atoms with van der Waals surface area (Å²) in [7, 11) is -3.69. The molecule has 0 radical (unpaired) electrons. The molecule has 4 rings (SSSR count). The van der Waals surface area contributed by atoms with Gasteiger partial charge in [0, 0.05) is 19.0 Å². The van der Waals surface area contributed by atoms with Gasteiger partial charge in [-0.15, -0.1) is 0 Å². The summed E-state index contributed by atoms with van der Waals surface area (Å²) in [5.74, 6) is 0.417. The predicted octanol–water partition coefficient (Wildman–Crippen LogP) is 2.52. The molecule has 2 heterocycles. The standard InChI is InChI=1S/C17H21N3O3S/c1-12-15(16(18)19-23-12)24(21,22)20-10-14(13-6-3-2-4-7-13)17(11-20)8-5-9-17/h2-4,6-7,14H,5,8-11H2,1H3,(H2,18,19). The van der Waals surface area contributed by atoms with Crippen LogP contribution in [-0.2, 0) is 10.0 Å². The first-order valence-corrected chi connectivity index (χ1v) is 9.65. The first kappa shape index (κ1) is 15.7. The second-order valence-electron chi connectivity index (χ2n) is 6.93. The Hall–Kier alpha value is -1.86. The molecular formula is C17H21N3O3S. The van der Waals surface area contributed by atoms with Crippen LogP contribution in [0.2, 0.25) is 0 Å². The average Bonchev–Trinajstić information content (AvgIpc) is 3.09. The molecule has 1 aromatic carbocycles. The van der Waals surface area contributed by atoms with E-state index in [-0.39, 0.29) is 27.8 Å². The van der Waals surface area contributed by atoms with Crippen LogP contribution < -0.4 is 5.73 Å². The molecular weight excluding hydrogens is 326 g/mol. The molecule has 2 aliphatic rings. The fourth-order valence-electron chi connectivity index (χ4n) is 4.21. The third-order valence-corrected chi connectivity index (χ3v) is 7.57. The Labute approximate surface area is 141 Å². The number of benzene rings is 1. The van der Waals surface area contributed by atoms with Crippen LogP contribution >= 0.6 is 0 Å². The minimum absolute atomic E-state index is 0.0192. The summed E-state index contributed by atoms with van der Waals surface area (Å²) in [6, 6.07) is 10.2. The summed E-state index contributed by atoms with van der Waals surface area (Å²) >= 11 is 0. The Morgan fingerprint density at radius 3 is 2.54 bits per heavy atom. The Morgan fingerprint density at radius 1 is 1.29 bits per heavy atom. The molecule has 2 fully saturated rings. The molecule has 128 valence electrons. The number of anilines is 1. The molecule has 6 nitrogen and oxygen atoms in total. The first-order chi connectivity index (χ1) is 11.4. The fourth-order valence-corrected chi connectivity index (χ4v) is 5.94. The van der Waals surface area contributed by atoms with E-state index in [0.29, 0.717) is 13.1 Å². The van der Waals surface area contributed by atoms with Crippen molar-refractivity contribution in [2.45, 2.75) is 37.0 Å². The van der Waals surface area contributed by atoms with Crippen molar-refractivity contribution in [3.8, 4) is 0 Å². The number of nitrogens with two attached hydrogens (primary N) is 1. The number of nitrogens with zero attached hydrogens (tertiary/aromatic N) is 2. The molecule has 1 aliphatic carbocycles. The van der Waals surface area contributed by atoms with Gasteiger partial charge in [0.05, 0.1) is 0 Å². The van der Waals surface area contributed by atoms with Crippen molar-refractivity contribution in [1.29, 1.82) is 0 Å². The normalized spacial score (nSPS) is 23.5. The second-order valence-corrected chi connectivity index (χ2v) is 8.80. The highest BCUT2D eigenvalue weighted by molar-refractivity contribution is 7.89. The molecule has 0 amide bonds. The number of nitrogen functional groups attached to an aromatic ring is 1. The van der Waals surface area contributed by atoms with Gasteiger partial charge in [0.25, 0.3) is 0 Å². The van der Waals surface area contributed by atoms with Gasteiger partial charge in [-0.1, -0.05) is 41.9 Å². The highest BCUT2D eigenvalue weighted by Gasteiger charge is 2.54. The highest BCUT2D eigenvalue weighted by Crippen LogP contribution is 2.56. The van der Waals surface area contributed by atoms with E-state index in [0.717, 1.165) is 19.3 Å². The molecule has 1 saturated heterocycles. The Kier molecular flexibility index (Phi) is 3.47. The van der Waals surface area contributed by atoms with Gasteiger partial charge in [-0.25, -0.2) is 8.42 Å². The SMILES string of the molecule is Cc1onc(N)c1S(=O)(=O)N1CC(c2ccccc2)C2(CCC2)C1. The summed E-state index contributed by atoms with van der Waals surface area (Å²) < 4.78 is 32.7. The zero-order valence-corrected chi connectivity index (χ0v) is 14.4. The highest BCUT2D eigenvalue weighted by atomic mass is 32.2. The lowest BCUT2D eigenvalue weighted by atomic mass is 9.61. The van der Waals surface area contributed by atoms with Crippen LogP contribution in [0.5, 0.6) is 0 Å². The molecule has 0 bridgehead atoms. The van der Waals surface area contributed by atoms with Gasteiger partial charge >= 0.3 is 0 Å². The van der Waals surface area contributed by atoms with Crippen molar-refractivity contribution in [2.24, 2.45) is 5.41 Å². The summed E-state index contributed by atoms with van der Waals surface area (Å²) in [6.45, 7) is 2.61. The average molecular weight is 347 g/mol. The van der Waals surface area contributed by atoms with E-state index in [2.05, 4.69) is 17.3 Å². The maximum absolute atomic E-state index is 13.1. The molecule has 1 saturated carbocycles. The van der Waals surface area contributed by atoms with E-state index < -0.39 is 10.0 Å². The van der Waals surface area contributed by atoms with Gasteiger partial charge in [0.15, 0.2) is 16.5 Å². The maximum Gasteiger partial charge on any atom is 0.250 e. The second kappa shape index (κ2) is 5.32. The van der Waals surface area contributed by atoms with E-state index in [1.54, 1.807) is 11.2 Å². The summed E-state index contributed by atoms with van der Waals surface area (Å²) in [5, 5.41) is 3.60. The molecule has 24 heavy (non-hydrogen) atoms. The maximum atomic E-state index is 13.1. The Bertz CT molecular complexity index is 837. The van der Waals surface area contributed by atoms with Crippen molar-refractivity contribution in [3.05, 3.63) is 41.7 Å². The van der Waals surface area contributed by atoms with Gasteiger partial charge < -0.3 is 10.3 Å². The minimum atomic E-state index is -3.69. The van der Waals surface area contributed by atoms with E-state index >= 15 is 0 Å². The Morgan fingerprint density at radius 2 is 2.00 bits per heavy atom. The molecule has 1 atom stereocenters. The minimum Gasteiger partial charge on any atom is -0.380 e. The molecule has 7 heteroatoms. The smallest absolute Gasteiger partial charge is 0.250 e. The van der Waals surface area contributed by atoms with Crippen LogP contribution in [-0.4, -0.2) is 31.0 Å². The summed E-state index contributed by atoms with van der Waals surface area (Å²) in [4.78, 5) is 0.0192. The number of aryl methyl sites for hydroxylation is 1. The van der Waals surface area contributed by atoms with Crippen molar-refractivity contribution in [3.63, 3.8) is 0 Å². The largest absolute Gasteiger partial charge is 0.380 e. The van der Waals surface area contributed by atoms with Crippen LogP contribution in [0.3, 0.4) is 0 Å². The zero-order chi connectivity index (χ0) is 16.9. The monoisotopic (exact) mass is 347 g/mol. The van der Waals surface area contributed by atoms with Crippen LogP contribution in [0.1, 0.15) is 36.5 Å². The summed E-state index contributed by atoms with van der Waals surface area (Å²) in [6.07, 6.45) is 3.29. The number of hydrogen-bond acceptors (Lipinski definition) is 5. The van der Waals surface area contributed by atoms with Gasteiger partial charge in [-0.05, 0) is 30.7 Å². The molecule has 1 spiro atoms. The van der Waals surface area contributed by atoms with Crippen LogP contribution in [0.4, 0.5) is 5.82 Å². The topological polar surface area (TPSA) is 89.4 Å². The van der Waals surface area contributed by atoms with Gasteiger partial charge in [0.2, 0.25) is 10.0 Å². The van der Waals surface area contributed by atoms with Crippen LogP contribution in [0.15, 0.2) is 39.8 Å². The lowest BCUT2D eigenvalue weighted by Gasteiger charge is -2.43. The number of sulfonamides is 1. The quantitative estimate of drug-likeness (QED) is 0.921. The van der Waals surface area contributed by atoms with E-state index in [1.165, 1.54) is 5.56 Å². The Balaban J connectivity index is 1.72. The third kappa shape index (κ3) is 2.18. The van der Waals surface area contributed by atoms with E-state index in [1.807, 2.05) is 18.2 Å². The molecule has 1 aliphatic heterocycles. The predicted molar refractivity (Wildman–Crippen MR) is 89.9 cm³/mol. The lowest BCUT2D eigenvalue weighted by Crippen LogP contribution is -2.37.